The van der Waals surface area contributed by atoms with E-state index >= 15 is 0 Å². The Morgan fingerprint density at radius 3 is 2.71 bits per heavy atom. The lowest BCUT2D eigenvalue weighted by Crippen LogP contribution is -2.46. The van der Waals surface area contributed by atoms with Gasteiger partial charge in [-0.15, -0.1) is 0 Å². The number of morpholine rings is 1. The molecule has 3 aliphatic rings. The molecule has 0 amide bonds. The summed E-state index contributed by atoms with van der Waals surface area (Å²) in [5, 5.41) is 3.60. The number of guanidine groups is 1. The molecule has 0 spiro atoms. The molecule has 0 aromatic rings. The highest BCUT2D eigenvalue weighted by Gasteiger charge is 2.29. The van der Waals surface area contributed by atoms with Crippen LogP contribution in [0.5, 0.6) is 0 Å². The van der Waals surface area contributed by atoms with Crippen LogP contribution in [0.2, 0.25) is 0 Å². The Bertz CT molecular complexity index is 439. The summed E-state index contributed by atoms with van der Waals surface area (Å²) in [7, 11) is 1.90. The van der Waals surface area contributed by atoms with Crippen molar-refractivity contribution in [1.29, 1.82) is 0 Å². The first-order valence-electron chi connectivity index (χ1n) is 9.41. The monoisotopic (exact) mass is 335 g/mol. The molecule has 3 rings (SSSR count). The molecule has 0 aliphatic carbocycles. The SMILES string of the molecule is CN=C(NCC(C)CN1CCOCC1)N1CCC(N2CC=CC2)C1. The molecular weight excluding hydrogens is 302 g/mol. The first-order valence-corrected chi connectivity index (χ1v) is 9.41. The quantitative estimate of drug-likeness (QED) is 0.450. The van der Waals surface area contributed by atoms with Crippen molar-refractivity contribution in [3.05, 3.63) is 12.2 Å². The zero-order chi connectivity index (χ0) is 16.8. The Labute approximate surface area is 146 Å². The highest BCUT2D eigenvalue weighted by molar-refractivity contribution is 5.80. The van der Waals surface area contributed by atoms with Crippen LogP contribution in [-0.4, -0.2) is 99.3 Å². The zero-order valence-electron chi connectivity index (χ0n) is 15.3. The third-order valence-electron chi connectivity index (χ3n) is 5.32. The predicted octanol–water partition coefficient (Wildman–Crippen LogP) is 0.476. The molecule has 24 heavy (non-hydrogen) atoms. The fourth-order valence-electron chi connectivity index (χ4n) is 3.91. The largest absolute Gasteiger partial charge is 0.379 e. The second kappa shape index (κ2) is 8.83. The molecule has 6 heteroatoms. The zero-order valence-corrected chi connectivity index (χ0v) is 15.3. The highest BCUT2D eigenvalue weighted by atomic mass is 16.5. The Hall–Kier alpha value is -1.11. The minimum absolute atomic E-state index is 0.612. The van der Waals surface area contributed by atoms with Gasteiger partial charge in [0.2, 0.25) is 0 Å². The molecule has 0 aromatic carbocycles. The standard InChI is InChI=1S/C18H33N5O/c1-16(14-21-9-11-24-12-10-21)13-20-18(19-2)23-8-5-17(15-23)22-6-3-4-7-22/h3-4,16-17H,5-15H2,1-2H3,(H,19,20). The van der Waals surface area contributed by atoms with Crippen LogP contribution in [0.4, 0.5) is 0 Å². The van der Waals surface area contributed by atoms with Gasteiger partial charge in [-0.25, -0.2) is 0 Å². The Morgan fingerprint density at radius 2 is 2.00 bits per heavy atom. The number of nitrogens with one attached hydrogen (secondary N) is 1. The maximum absolute atomic E-state index is 5.43. The second-order valence-corrected chi connectivity index (χ2v) is 7.26. The smallest absolute Gasteiger partial charge is 0.193 e. The van der Waals surface area contributed by atoms with Crippen LogP contribution in [0.15, 0.2) is 17.1 Å². The second-order valence-electron chi connectivity index (χ2n) is 7.26. The Kier molecular flexibility index (Phi) is 6.51. The van der Waals surface area contributed by atoms with E-state index in [1.165, 1.54) is 6.42 Å². The number of nitrogens with zero attached hydrogens (tertiary/aromatic N) is 4. The van der Waals surface area contributed by atoms with E-state index in [9.17, 15) is 0 Å². The lowest BCUT2D eigenvalue weighted by molar-refractivity contribution is 0.0320. The summed E-state index contributed by atoms with van der Waals surface area (Å²) in [6.45, 7) is 12.8. The fraction of sp³-hybridized carbons (Fsp3) is 0.833. The van der Waals surface area contributed by atoms with E-state index < -0.39 is 0 Å². The number of hydrogen-bond donors (Lipinski definition) is 1. The summed E-state index contributed by atoms with van der Waals surface area (Å²) in [5.41, 5.74) is 0. The third-order valence-corrected chi connectivity index (χ3v) is 5.32. The van der Waals surface area contributed by atoms with Gasteiger partial charge in [-0.2, -0.15) is 0 Å². The van der Waals surface area contributed by atoms with Crippen LogP contribution in [0.1, 0.15) is 13.3 Å². The highest BCUT2D eigenvalue weighted by Crippen LogP contribution is 2.17. The predicted molar refractivity (Wildman–Crippen MR) is 98.5 cm³/mol. The van der Waals surface area contributed by atoms with Gasteiger partial charge in [0.05, 0.1) is 13.2 Å². The summed E-state index contributed by atoms with van der Waals surface area (Å²) < 4.78 is 5.43. The van der Waals surface area contributed by atoms with Crippen LogP contribution in [-0.2, 0) is 4.74 Å². The van der Waals surface area contributed by atoms with Gasteiger partial charge in [-0.3, -0.25) is 14.8 Å². The average Bonchev–Trinajstić information content (AvgIpc) is 3.28. The molecule has 0 bridgehead atoms. The lowest BCUT2D eigenvalue weighted by Gasteiger charge is -2.30. The summed E-state index contributed by atoms with van der Waals surface area (Å²) in [5.74, 6) is 1.68. The number of likely N-dealkylation sites (tertiary alicyclic amines) is 1. The van der Waals surface area contributed by atoms with E-state index in [1.807, 2.05) is 7.05 Å². The topological polar surface area (TPSA) is 43.3 Å². The van der Waals surface area contributed by atoms with Crippen molar-refractivity contribution in [2.45, 2.75) is 19.4 Å². The average molecular weight is 335 g/mol. The molecule has 1 N–H and O–H groups in total. The number of rotatable bonds is 5. The maximum atomic E-state index is 5.43. The van der Waals surface area contributed by atoms with Crippen LogP contribution in [0, 0.1) is 5.92 Å². The van der Waals surface area contributed by atoms with Crippen molar-refractivity contribution in [2.75, 3.05) is 72.6 Å². The van der Waals surface area contributed by atoms with Crippen LogP contribution in [0.25, 0.3) is 0 Å². The fourth-order valence-corrected chi connectivity index (χ4v) is 3.91. The van der Waals surface area contributed by atoms with Crippen LogP contribution in [0.3, 0.4) is 0 Å². The van der Waals surface area contributed by atoms with E-state index in [0.717, 1.165) is 71.5 Å². The third kappa shape index (κ3) is 4.71. The van der Waals surface area contributed by atoms with E-state index in [2.05, 4.69) is 44.1 Å². The van der Waals surface area contributed by atoms with E-state index in [-0.39, 0.29) is 0 Å². The molecule has 3 aliphatic heterocycles. The Morgan fingerprint density at radius 1 is 1.25 bits per heavy atom. The molecule has 2 fully saturated rings. The molecule has 0 saturated carbocycles. The van der Waals surface area contributed by atoms with Gasteiger partial charge in [-0.05, 0) is 12.3 Å². The van der Waals surface area contributed by atoms with Crippen molar-refractivity contribution >= 4 is 5.96 Å². The summed E-state index contributed by atoms with van der Waals surface area (Å²) in [6.07, 6.45) is 5.80. The molecule has 0 radical (unpaired) electrons. The van der Waals surface area contributed by atoms with Gasteiger partial charge < -0.3 is 15.0 Å². The molecule has 2 atom stereocenters. The van der Waals surface area contributed by atoms with Gasteiger partial charge >= 0.3 is 0 Å². The van der Waals surface area contributed by atoms with Gasteiger partial charge in [0.15, 0.2) is 5.96 Å². The first-order chi connectivity index (χ1) is 11.8. The van der Waals surface area contributed by atoms with Crippen molar-refractivity contribution in [3.8, 4) is 0 Å². The molecule has 6 nitrogen and oxygen atoms in total. The van der Waals surface area contributed by atoms with Crippen molar-refractivity contribution in [1.82, 2.24) is 20.0 Å². The summed E-state index contributed by atoms with van der Waals surface area (Å²) in [4.78, 5) is 12.0. The lowest BCUT2D eigenvalue weighted by atomic mass is 10.1. The van der Waals surface area contributed by atoms with Gasteiger partial charge in [0.25, 0.3) is 0 Å². The molecule has 3 heterocycles. The number of hydrogen-bond acceptors (Lipinski definition) is 4. The van der Waals surface area contributed by atoms with Crippen molar-refractivity contribution < 1.29 is 4.74 Å². The summed E-state index contributed by atoms with van der Waals surface area (Å²) in [6, 6.07) is 0.671. The normalized spacial score (nSPS) is 27.8. The number of aliphatic imine (C=N–C) groups is 1. The van der Waals surface area contributed by atoms with Gasteiger partial charge in [-0.1, -0.05) is 19.1 Å². The van der Waals surface area contributed by atoms with Gasteiger partial charge in [0.1, 0.15) is 0 Å². The molecule has 2 unspecified atom stereocenters. The van der Waals surface area contributed by atoms with Crippen LogP contribution >= 0.6 is 0 Å². The minimum Gasteiger partial charge on any atom is -0.379 e. The van der Waals surface area contributed by atoms with E-state index in [4.69, 9.17) is 4.74 Å². The first kappa shape index (κ1) is 17.7. The molecule has 136 valence electrons. The molecule has 0 aromatic heterocycles. The molecular formula is C18H33N5O. The number of ether oxygens (including phenoxy) is 1. The van der Waals surface area contributed by atoms with Crippen LogP contribution < -0.4 is 5.32 Å². The maximum Gasteiger partial charge on any atom is 0.193 e. The van der Waals surface area contributed by atoms with Gasteiger partial charge in [0, 0.05) is 65.4 Å². The van der Waals surface area contributed by atoms with Crippen molar-refractivity contribution in [2.24, 2.45) is 10.9 Å². The summed E-state index contributed by atoms with van der Waals surface area (Å²) >= 11 is 0. The minimum atomic E-state index is 0.612. The van der Waals surface area contributed by atoms with E-state index in [1.54, 1.807) is 0 Å². The van der Waals surface area contributed by atoms with E-state index in [0.29, 0.717) is 12.0 Å². The van der Waals surface area contributed by atoms with Crippen molar-refractivity contribution in [3.63, 3.8) is 0 Å². The Balaban J connectivity index is 1.40. The molecule has 2 saturated heterocycles.